The number of rotatable bonds is 7. The Hall–Kier alpha value is -0.750. The normalized spacial score (nSPS) is 11.9. The maximum Gasteiger partial charge on any atom is 0.237 e. The van der Waals surface area contributed by atoms with E-state index in [1.54, 1.807) is 11.8 Å². The monoisotopic (exact) mass is 233 g/mol. The first-order chi connectivity index (χ1) is 7.07. The molecule has 0 aliphatic rings. The van der Waals surface area contributed by atoms with E-state index in [9.17, 15) is 9.59 Å². The third-order valence-corrected chi connectivity index (χ3v) is 2.41. The summed E-state index contributed by atoms with van der Waals surface area (Å²) in [5, 5.41) is 5.24. The molecule has 0 unspecified atom stereocenters. The number of carbonyl (C=O) groups excluding carboxylic acids is 2. The first-order valence-electron chi connectivity index (χ1n) is 4.84. The van der Waals surface area contributed by atoms with Gasteiger partial charge in [-0.3, -0.25) is 9.59 Å². The second-order valence-electron chi connectivity index (χ2n) is 3.16. The Kier molecular flexibility index (Phi) is 8.12. The molecule has 0 aromatic rings. The van der Waals surface area contributed by atoms with E-state index in [0.717, 1.165) is 5.75 Å². The molecule has 0 saturated heterocycles. The summed E-state index contributed by atoms with van der Waals surface area (Å²) >= 11 is 1.66. The molecule has 15 heavy (non-hydrogen) atoms. The zero-order chi connectivity index (χ0) is 11.7. The number of nitrogens with two attached hydrogens (primary N) is 1. The van der Waals surface area contributed by atoms with Crippen LogP contribution in [0.4, 0.5) is 0 Å². The van der Waals surface area contributed by atoms with Crippen molar-refractivity contribution < 1.29 is 9.59 Å². The minimum atomic E-state index is -0.449. The molecule has 0 bridgehead atoms. The third kappa shape index (κ3) is 8.26. The van der Waals surface area contributed by atoms with Crippen molar-refractivity contribution in [2.45, 2.75) is 19.4 Å². The molecular formula is C9H19N3O2S. The van der Waals surface area contributed by atoms with Crippen LogP contribution in [0.5, 0.6) is 0 Å². The number of hydrogen-bond donors (Lipinski definition) is 3. The van der Waals surface area contributed by atoms with Gasteiger partial charge < -0.3 is 16.4 Å². The lowest BCUT2D eigenvalue weighted by atomic mass is 10.2. The van der Waals surface area contributed by atoms with Gasteiger partial charge in [-0.25, -0.2) is 0 Å². The molecule has 0 fully saturated rings. The van der Waals surface area contributed by atoms with Gasteiger partial charge in [0.05, 0.1) is 6.04 Å². The molecule has 0 aromatic carbocycles. The van der Waals surface area contributed by atoms with E-state index in [2.05, 4.69) is 10.6 Å². The first-order valence-corrected chi connectivity index (χ1v) is 6.24. The van der Waals surface area contributed by atoms with Crippen LogP contribution in [0, 0.1) is 0 Å². The van der Waals surface area contributed by atoms with Gasteiger partial charge >= 0.3 is 0 Å². The van der Waals surface area contributed by atoms with Crippen molar-refractivity contribution in [1.29, 1.82) is 0 Å². The van der Waals surface area contributed by atoms with Crippen LogP contribution in [0.3, 0.4) is 0 Å². The van der Waals surface area contributed by atoms with Crippen molar-refractivity contribution in [3.05, 3.63) is 0 Å². The summed E-state index contributed by atoms with van der Waals surface area (Å²) < 4.78 is 0. The summed E-state index contributed by atoms with van der Waals surface area (Å²) in [6, 6.07) is -0.449. The molecule has 88 valence electrons. The van der Waals surface area contributed by atoms with Gasteiger partial charge in [0.25, 0.3) is 0 Å². The lowest BCUT2D eigenvalue weighted by molar-refractivity contribution is -0.123. The van der Waals surface area contributed by atoms with E-state index < -0.39 is 6.04 Å². The van der Waals surface area contributed by atoms with Crippen molar-refractivity contribution in [3.8, 4) is 0 Å². The Morgan fingerprint density at radius 1 is 1.33 bits per heavy atom. The Morgan fingerprint density at radius 2 is 1.93 bits per heavy atom. The molecule has 0 aliphatic heterocycles. The van der Waals surface area contributed by atoms with E-state index in [-0.39, 0.29) is 11.8 Å². The molecular weight excluding hydrogens is 214 g/mol. The number of amides is 2. The second-order valence-corrected chi connectivity index (χ2v) is 4.15. The number of thioether (sulfide) groups is 1. The quantitative estimate of drug-likeness (QED) is 0.509. The van der Waals surface area contributed by atoms with E-state index in [4.69, 9.17) is 5.73 Å². The molecule has 0 rings (SSSR count). The van der Waals surface area contributed by atoms with Crippen LogP contribution in [0.25, 0.3) is 0 Å². The Balaban J connectivity index is 3.51. The highest BCUT2D eigenvalue weighted by atomic mass is 32.2. The van der Waals surface area contributed by atoms with Gasteiger partial charge in [0.15, 0.2) is 0 Å². The molecule has 6 heteroatoms. The lowest BCUT2D eigenvalue weighted by Crippen LogP contribution is -2.43. The number of carbonyl (C=O) groups is 2. The number of hydrogen-bond acceptors (Lipinski definition) is 4. The molecule has 2 amide bonds. The van der Waals surface area contributed by atoms with E-state index in [1.807, 2.05) is 6.26 Å². The van der Waals surface area contributed by atoms with Crippen LogP contribution in [-0.2, 0) is 9.59 Å². The fourth-order valence-electron chi connectivity index (χ4n) is 0.931. The van der Waals surface area contributed by atoms with Crippen molar-refractivity contribution in [1.82, 2.24) is 10.6 Å². The average Bonchev–Trinajstić information content (AvgIpc) is 2.20. The standard InChI is InChI=1S/C9H19N3O2S/c1-7(13)11-4-5-12-9(14)8(10)3-6-15-2/h8H,3-6,10H2,1-2H3,(H,11,13)(H,12,14)/t8-/m1/s1. The van der Waals surface area contributed by atoms with Gasteiger partial charge in [0.2, 0.25) is 11.8 Å². The van der Waals surface area contributed by atoms with Crippen LogP contribution < -0.4 is 16.4 Å². The molecule has 0 heterocycles. The summed E-state index contributed by atoms with van der Waals surface area (Å²) in [6.45, 7) is 2.30. The van der Waals surface area contributed by atoms with Crippen molar-refractivity contribution in [2.24, 2.45) is 5.73 Å². The Bertz CT molecular complexity index is 212. The van der Waals surface area contributed by atoms with Crippen LogP contribution in [-0.4, -0.2) is 43.0 Å². The van der Waals surface area contributed by atoms with Crippen LogP contribution >= 0.6 is 11.8 Å². The van der Waals surface area contributed by atoms with Gasteiger partial charge in [-0.2, -0.15) is 11.8 Å². The van der Waals surface area contributed by atoms with Crippen LogP contribution in [0.1, 0.15) is 13.3 Å². The van der Waals surface area contributed by atoms with E-state index in [0.29, 0.717) is 19.5 Å². The van der Waals surface area contributed by atoms with Gasteiger partial charge in [0, 0.05) is 20.0 Å². The maximum absolute atomic E-state index is 11.3. The maximum atomic E-state index is 11.3. The van der Waals surface area contributed by atoms with Crippen LogP contribution in [0.15, 0.2) is 0 Å². The average molecular weight is 233 g/mol. The van der Waals surface area contributed by atoms with Gasteiger partial charge in [-0.15, -0.1) is 0 Å². The summed E-state index contributed by atoms with van der Waals surface area (Å²) in [5.41, 5.74) is 5.63. The lowest BCUT2D eigenvalue weighted by Gasteiger charge is -2.11. The third-order valence-electron chi connectivity index (χ3n) is 1.77. The topological polar surface area (TPSA) is 84.2 Å². The summed E-state index contributed by atoms with van der Waals surface area (Å²) in [7, 11) is 0. The summed E-state index contributed by atoms with van der Waals surface area (Å²) in [5.74, 6) is 0.616. The Labute approximate surface area is 94.5 Å². The van der Waals surface area contributed by atoms with Crippen LogP contribution in [0.2, 0.25) is 0 Å². The summed E-state index contributed by atoms with van der Waals surface area (Å²) in [4.78, 5) is 21.8. The zero-order valence-electron chi connectivity index (χ0n) is 9.21. The fraction of sp³-hybridized carbons (Fsp3) is 0.778. The highest BCUT2D eigenvalue weighted by Crippen LogP contribution is 1.98. The SMILES string of the molecule is CSCC[C@@H](N)C(=O)NCCNC(C)=O. The molecule has 4 N–H and O–H groups in total. The summed E-state index contributed by atoms with van der Waals surface area (Å²) in [6.07, 6.45) is 2.65. The molecule has 0 radical (unpaired) electrons. The molecule has 1 atom stereocenters. The van der Waals surface area contributed by atoms with Gasteiger partial charge in [0.1, 0.15) is 0 Å². The highest BCUT2D eigenvalue weighted by molar-refractivity contribution is 7.98. The van der Waals surface area contributed by atoms with Gasteiger partial charge in [-0.05, 0) is 18.4 Å². The fourth-order valence-corrected chi connectivity index (χ4v) is 1.42. The zero-order valence-corrected chi connectivity index (χ0v) is 10.0. The van der Waals surface area contributed by atoms with E-state index in [1.165, 1.54) is 6.92 Å². The smallest absolute Gasteiger partial charge is 0.237 e. The minimum Gasteiger partial charge on any atom is -0.355 e. The molecule has 0 spiro atoms. The van der Waals surface area contributed by atoms with E-state index >= 15 is 0 Å². The largest absolute Gasteiger partial charge is 0.355 e. The highest BCUT2D eigenvalue weighted by Gasteiger charge is 2.11. The number of nitrogens with one attached hydrogen (secondary N) is 2. The van der Waals surface area contributed by atoms with Crippen molar-refractivity contribution in [2.75, 3.05) is 25.1 Å². The van der Waals surface area contributed by atoms with Crippen molar-refractivity contribution >= 4 is 23.6 Å². The predicted octanol–water partition coefficient (Wildman–Crippen LogP) is -0.681. The first kappa shape index (κ1) is 14.2. The molecule has 0 saturated carbocycles. The predicted molar refractivity (Wildman–Crippen MR) is 62.7 cm³/mol. The molecule has 0 aliphatic carbocycles. The van der Waals surface area contributed by atoms with Crippen molar-refractivity contribution in [3.63, 3.8) is 0 Å². The second kappa shape index (κ2) is 8.55. The minimum absolute atomic E-state index is 0.101. The molecule has 5 nitrogen and oxygen atoms in total. The molecule has 0 aromatic heterocycles. The van der Waals surface area contributed by atoms with Gasteiger partial charge in [-0.1, -0.05) is 0 Å². The Morgan fingerprint density at radius 3 is 2.47 bits per heavy atom.